The van der Waals surface area contributed by atoms with Crippen LogP contribution < -0.4 is 14.8 Å². The molecule has 0 spiro atoms. The van der Waals surface area contributed by atoms with Gasteiger partial charge in [0.1, 0.15) is 18.1 Å². The van der Waals surface area contributed by atoms with Gasteiger partial charge in [-0.2, -0.15) is 4.98 Å². The second-order valence-electron chi connectivity index (χ2n) is 3.86. The molecule has 0 atom stereocenters. The Morgan fingerprint density at radius 1 is 1.16 bits per heavy atom. The summed E-state index contributed by atoms with van der Waals surface area (Å²) < 4.78 is 15.5. The molecule has 19 heavy (non-hydrogen) atoms. The third kappa shape index (κ3) is 4.59. The number of nitrogens with one attached hydrogen (secondary N) is 1. The minimum atomic E-state index is 0.607. The largest absolute Gasteiger partial charge is 0.497 e. The van der Waals surface area contributed by atoms with E-state index in [1.165, 1.54) is 6.33 Å². The lowest BCUT2D eigenvalue weighted by Gasteiger charge is -2.07. The van der Waals surface area contributed by atoms with E-state index in [9.17, 15) is 0 Å². The van der Waals surface area contributed by atoms with E-state index >= 15 is 0 Å². The number of benzene rings is 1. The molecule has 1 aromatic heterocycles. The van der Waals surface area contributed by atoms with Crippen molar-refractivity contribution < 1.29 is 14.0 Å². The van der Waals surface area contributed by atoms with Crippen LogP contribution >= 0.6 is 0 Å². The van der Waals surface area contributed by atoms with Crippen molar-refractivity contribution in [1.82, 2.24) is 15.5 Å². The Hall–Kier alpha value is -2.08. The van der Waals surface area contributed by atoms with E-state index < -0.39 is 0 Å². The molecule has 0 amide bonds. The minimum Gasteiger partial charge on any atom is -0.497 e. The molecule has 0 aliphatic rings. The Bertz CT molecular complexity index is 456. The molecule has 0 unspecified atom stereocenters. The highest BCUT2D eigenvalue weighted by Gasteiger charge is 1.98. The predicted molar refractivity (Wildman–Crippen MR) is 69.4 cm³/mol. The Labute approximate surface area is 111 Å². The van der Waals surface area contributed by atoms with Crippen molar-refractivity contribution >= 4 is 0 Å². The number of aromatic nitrogens is 2. The number of rotatable bonds is 8. The first-order valence-corrected chi connectivity index (χ1v) is 6.11. The summed E-state index contributed by atoms with van der Waals surface area (Å²) in [6.07, 6.45) is 2.13. The fourth-order valence-electron chi connectivity index (χ4n) is 1.54. The van der Waals surface area contributed by atoms with Gasteiger partial charge < -0.3 is 19.3 Å². The number of hydrogen-bond donors (Lipinski definition) is 1. The van der Waals surface area contributed by atoms with Crippen molar-refractivity contribution in [1.29, 1.82) is 0 Å². The van der Waals surface area contributed by atoms with Gasteiger partial charge in [0, 0.05) is 19.5 Å². The van der Waals surface area contributed by atoms with Gasteiger partial charge in [0.15, 0.2) is 6.33 Å². The van der Waals surface area contributed by atoms with E-state index in [1.807, 2.05) is 24.3 Å². The maximum Gasteiger partial charge on any atom is 0.227 e. The summed E-state index contributed by atoms with van der Waals surface area (Å²) in [6.45, 7) is 2.16. The van der Waals surface area contributed by atoms with Crippen LogP contribution in [0.4, 0.5) is 0 Å². The Kier molecular flexibility index (Phi) is 5.18. The number of ether oxygens (including phenoxy) is 2. The van der Waals surface area contributed by atoms with Gasteiger partial charge >= 0.3 is 0 Å². The van der Waals surface area contributed by atoms with Crippen molar-refractivity contribution in [3.63, 3.8) is 0 Å². The van der Waals surface area contributed by atoms with Crippen LogP contribution in [0.1, 0.15) is 5.89 Å². The van der Waals surface area contributed by atoms with E-state index in [-0.39, 0.29) is 0 Å². The molecule has 1 N–H and O–H groups in total. The lowest BCUT2D eigenvalue weighted by Crippen LogP contribution is -2.23. The average molecular weight is 263 g/mol. The first kappa shape index (κ1) is 13.4. The highest BCUT2D eigenvalue weighted by atomic mass is 16.5. The lowest BCUT2D eigenvalue weighted by molar-refractivity contribution is 0.311. The monoisotopic (exact) mass is 263 g/mol. The first-order chi connectivity index (χ1) is 9.38. The van der Waals surface area contributed by atoms with E-state index in [0.717, 1.165) is 31.0 Å². The molecule has 0 bridgehead atoms. The van der Waals surface area contributed by atoms with Crippen molar-refractivity contribution in [2.24, 2.45) is 0 Å². The smallest absolute Gasteiger partial charge is 0.227 e. The van der Waals surface area contributed by atoms with Gasteiger partial charge in [-0.15, -0.1) is 0 Å². The highest BCUT2D eigenvalue weighted by Crippen LogP contribution is 2.16. The summed E-state index contributed by atoms with van der Waals surface area (Å²) >= 11 is 0. The van der Waals surface area contributed by atoms with Gasteiger partial charge in [0.05, 0.1) is 7.11 Å². The third-order valence-electron chi connectivity index (χ3n) is 2.53. The summed E-state index contributed by atoms with van der Waals surface area (Å²) in [5.41, 5.74) is 0. The van der Waals surface area contributed by atoms with Crippen LogP contribution in [0, 0.1) is 0 Å². The van der Waals surface area contributed by atoms with E-state index in [0.29, 0.717) is 12.5 Å². The molecule has 102 valence electrons. The fraction of sp³-hybridized carbons (Fsp3) is 0.385. The zero-order valence-electron chi connectivity index (χ0n) is 10.8. The zero-order valence-corrected chi connectivity index (χ0v) is 10.8. The molecule has 2 aromatic rings. The summed E-state index contributed by atoms with van der Waals surface area (Å²) in [5.74, 6) is 2.30. The summed E-state index contributed by atoms with van der Waals surface area (Å²) in [5, 5.41) is 6.78. The maximum absolute atomic E-state index is 5.57. The molecule has 6 heteroatoms. The molecule has 2 rings (SSSR count). The van der Waals surface area contributed by atoms with Crippen LogP contribution in [-0.2, 0) is 6.42 Å². The Morgan fingerprint density at radius 3 is 2.63 bits per heavy atom. The summed E-state index contributed by atoms with van der Waals surface area (Å²) in [6, 6.07) is 7.52. The number of methoxy groups -OCH3 is 1. The van der Waals surface area contributed by atoms with Crippen LogP contribution in [-0.4, -0.2) is 36.9 Å². The minimum absolute atomic E-state index is 0.607. The van der Waals surface area contributed by atoms with Gasteiger partial charge in [0.2, 0.25) is 5.89 Å². The van der Waals surface area contributed by atoms with Gasteiger partial charge in [0.25, 0.3) is 0 Å². The molecule has 6 nitrogen and oxygen atoms in total. The van der Waals surface area contributed by atoms with Crippen LogP contribution in [0.25, 0.3) is 0 Å². The molecule has 0 saturated carbocycles. The van der Waals surface area contributed by atoms with E-state index in [2.05, 4.69) is 15.5 Å². The lowest BCUT2D eigenvalue weighted by atomic mass is 10.3. The average Bonchev–Trinajstić information content (AvgIpc) is 2.96. The van der Waals surface area contributed by atoms with Crippen molar-refractivity contribution in [3.8, 4) is 11.5 Å². The molecule has 0 radical (unpaired) electrons. The molecule has 0 fully saturated rings. The zero-order chi connectivity index (χ0) is 13.3. The molecule has 0 aliphatic carbocycles. The van der Waals surface area contributed by atoms with Crippen LogP contribution in [0.3, 0.4) is 0 Å². The van der Waals surface area contributed by atoms with Crippen molar-refractivity contribution in [2.75, 3.05) is 26.8 Å². The fourth-order valence-corrected chi connectivity index (χ4v) is 1.54. The van der Waals surface area contributed by atoms with Crippen molar-refractivity contribution in [3.05, 3.63) is 36.5 Å². The summed E-state index contributed by atoms with van der Waals surface area (Å²) in [7, 11) is 1.64. The van der Waals surface area contributed by atoms with Gasteiger partial charge in [-0.3, -0.25) is 0 Å². The Balaban J connectivity index is 1.56. The van der Waals surface area contributed by atoms with Gasteiger partial charge in [-0.05, 0) is 24.3 Å². The van der Waals surface area contributed by atoms with Crippen LogP contribution in [0.15, 0.2) is 35.1 Å². The standard InChI is InChI=1S/C13H17N3O3/c1-17-11-2-4-12(5-3-11)18-9-8-14-7-6-13-15-10-16-19-13/h2-5,10,14H,6-9H2,1H3. The third-order valence-corrected chi connectivity index (χ3v) is 2.53. The van der Waals surface area contributed by atoms with E-state index in [4.69, 9.17) is 14.0 Å². The second-order valence-corrected chi connectivity index (χ2v) is 3.86. The Morgan fingerprint density at radius 2 is 1.95 bits per heavy atom. The van der Waals surface area contributed by atoms with Crippen LogP contribution in [0.5, 0.6) is 11.5 Å². The SMILES string of the molecule is COc1ccc(OCCNCCc2ncno2)cc1. The molecule has 1 aromatic carbocycles. The second kappa shape index (κ2) is 7.38. The van der Waals surface area contributed by atoms with Crippen molar-refractivity contribution in [2.45, 2.75) is 6.42 Å². The molecule has 1 heterocycles. The van der Waals surface area contributed by atoms with Crippen LogP contribution in [0.2, 0.25) is 0 Å². The molecular weight excluding hydrogens is 246 g/mol. The quantitative estimate of drug-likeness (QED) is 0.724. The number of nitrogens with zero attached hydrogens (tertiary/aromatic N) is 2. The number of hydrogen-bond acceptors (Lipinski definition) is 6. The van der Waals surface area contributed by atoms with E-state index in [1.54, 1.807) is 7.11 Å². The normalized spacial score (nSPS) is 10.4. The highest BCUT2D eigenvalue weighted by molar-refractivity contribution is 5.31. The first-order valence-electron chi connectivity index (χ1n) is 6.11. The maximum atomic E-state index is 5.57. The summed E-state index contributed by atoms with van der Waals surface area (Å²) in [4.78, 5) is 3.94. The van der Waals surface area contributed by atoms with Gasteiger partial charge in [-0.1, -0.05) is 5.16 Å². The molecular formula is C13H17N3O3. The topological polar surface area (TPSA) is 69.4 Å². The molecule has 0 aliphatic heterocycles. The van der Waals surface area contributed by atoms with Gasteiger partial charge in [-0.25, -0.2) is 0 Å². The predicted octanol–water partition coefficient (Wildman–Crippen LogP) is 1.29. The molecule has 0 saturated heterocycles.